The molecule has 0 aromatic carbocycles. The molecule has 23 heavy (non-hydrogen) atoms. The molecule has 0 bridgehead atoms. The van der Waals surface area contributed by atoms with Gasteiger partial charge < -0.3 is 15.2 Å². The van der Waals surface area contributed by atoms with E-state index in [-0.39, 0.29) is 12.6 Å². The number of hydrogen-bond acceptors (Lipinski definition) is 7. The van der Waals surface area contributed by atoms with Crippen molar-refractivity contribution in [3.05, 3.63) is 24.0 Å². The Kier molecular flexibility index (Phi) is 4.43. The zero-order valence-corrected chi connectivity index (χ0v) is 13.8. The van der Waals surface area contributed by atoms with Gasteiger partial charge in [0.25, 0.3) is 0 Å². The fraction of sp³-hybridized carbons (Fsp3) is 0.562. The maximum absolute atomic E-state index is 9.94. The van der Waals surface area contributed by atoms with Crippen LogP contribution in [-0.2, 0) is 4.74 Å². The number of hydrogen-bond donors (Lipinski definition) is 2. The summed E-state index contributed by atoms with van der Waals surface area (Å²) in [5.41, 5.74) is 1.73. The highest BCUT2D eigenvalue weighted by Gasteiger charge is 2.40. The Morgan fingerprint density at radius 1 is 1.48 bits per heavy atom. The van der Waals surface area contributed by atoms with E-state index in [0.717, 1.165) is 11.2 Å². The number of rotatable bonds is 4. The number of aromatic nitrogens is 3. The number of aliphatic hydroxyl groups excluding tert-OH is 1. The molecule has 0 spiro atoms. The van der Waals surface area contributed by atoms with Gasteiger partial charge in [-0.1, -0.05) is 0 Å². The molecule has 7 heteroatoms. The SMILES string of the molecule is Cc1nc2cccnc2nc1NC[C@]1(CO)COC[C@@H](C)N1C. The predicted octanol–water partition coefficient (Wildman–Crippen LogP) is 0.827. The van der Waals surface area contributed by atoms with Crippen LogP contribution < -0.4 is 5.32 Å². The molecule has 0 saturated carbocycles. The average molecular weight is 317 g/mol. The second-order valence-electron chi connectivity index (χ2n) is 6.21. The fourth-order valence-corrected chi connectivity index (χ4v) is 2.89. The summed E-state index contributed by atoms with van der Waals surface area (Å²) in [5.74, 6) is 0.690. The Morgan fingerprint density at radius 2 is 2.30 bits per heavy atom. The molecule has 0 amide bonds. The van der Waals surface area contributed by atoms with Gasteiger partial charge in [-0.2, -0.15) is 0 Å². The van der Waals surface area contributed by atoms with Crippen molar-refractivity contribution in [2.24, 2.45) is 0 Å². The molecule has 0 unspecified atom stereocenters. The summed E-state index contributed by atoms with van der Waals surface area (Å²) in [7, 11) is 2.02. The smallest absolute Gasteiger partial charge is 0.180 e. The first-order valence-electron chi connectivity index (χ1n) is 7.80. The lowest BCUT2D eigenvalue weighted by atomic mass is 9.96. The fourth-order valence-electron chi connectivity index (χ4n) is 2.89. The van der Waals surface area contributed by atoms with Gasteiger partial charge in [-0.05, 0) is 33.0 Å². The summed E-state index contributed by atoms with van der Waals surface area (Å²) >= 11 is 0. The highest BCUT2D eigenvalue weighted by Crippen LogP contribution is 2.23. The van der Waals surface area contributed by atoms with Gasteiger partial charge in [-0.15, -0.1) is 0 Å². The van der Waals surface area contributed by atoms with Gasteiger partial charge >= 0.3 is 0 Å². The number of morpholine rings is 1. The zero-order valence-electron chi connectivity index (χ0n) is 13.8. The second kappa shape index (κ2) is 6.35. The van der Waals surface area contributed by atoms with Crippen molar-refractivity contribution >= 4 is 17.0 Å². The molecule has 1 aliphatic rings. The minimum Gasteiger partial charge on any atom is -0.394 e. The standard InChI is InChI=1S/C16H23N5O2/c1-11-7-23-10-16(9-22,21(11)3)8-18-14-12(2)19-13-5-4-6-17-15(13)20-14/h4-6,11,22H,7-10H2,1-3H3,(H,17,18,20)/t11-,16+/m1/s1. The van der Waals surface area contributed by atoms with Crippen molar-refractivity contribution in [3.8, 4) is 0 Å². The lowest BCUT2D eigenvalue weighted by molar-refractivity contribution is -0.101. The number of nitrogens with one attached hydrogen (secondary N) is 1. The van der Waals surface area contributed by atoms with E-state index in [0.29, 0.717) is 31.2 Å². The molecule has 2 atom stereocenters. The number of aryl methyl sites for hydroxylation is 1. The Bertz CT molecular complexity index is 695. The topological polar surface area (TPSA) is 83.4 Å². The number of fused-ring (bicyclic) bond motifs is 1. The van der Waals surface area contributed by atoms with Crippen LogP contribution in [0.4, 0.5) is 5.82 Å². The summed E-state index contributed by atoms with van der Waals surface area (Å²) in [6, 6.07) is 3.99. The van der Waals surface area contributed by atoms with Crippen LogP contribution in [0.25, 0.3) is 11.2 Å². The number of anilines is 1. The molecule has 7 nitrogen and oxygen atoms in total. The molecule has 1 fully saturated rings. The van der Waals surface area contributed by atoms with Gasteiger partial charge in [-0.25, -0.2) is 15.0 Å². The minimum atomic E-state index is -0.467. The number of likely N-dealkylation sites (N-methyl/N-ethyl adjacent to an activating group) is 1. The van der Waals surface area contributed by atoms with Crippen molar-refractivity contribution in [2.75, 3.05) is 38.7 Å². The Morgan fingerprint density at radius 3 is 3.09 bits per heavy atom. The number of pyridine rings is 1. The molecule has 1 aliphatic heterocycles. The van der Waals surface area contributed by atoms with Crippen LogP contribution in [0.5, 0.6) is 0 Å². The molecule has 0 radical (unpaired) electrons. The van der Waals surface area contributed by atoms with Crippen molar-refractivity contribution in [2.45, 2.75) is 25.4 Å². The van der Waals surface area contributed by atoms with E-state index in [4.69, 9.17) is 4.74 Å². The van der Waals surface area contributed by atoms with Gasteiger partial charge in [-0.3, -0.25) is 4.90 Å². The molecule has 1 saturated heterocycles. The second-order valence-corrected chi connectivity index (χ2v) is 6.21. The van der Waals surface area contributed by atoms with Crippen molar-refractivity contribution in [1.29, 1.82) is 0 Å². The molecule has 0 aliphatic carbocycles. The van der Waals surface area contributed by atoms with Crippen LogP contribution in [0, 0.1) is 6.92 Å². The third-order valence-corrected chi connectivity index (χ3v) is 4.63. The average Bonchev–Trinajstić information content (AvgIpc) is 2.56. The number of nitrogens with zero attached hydrogens (tertiary/aromatic N) is 4. The quantitative estimate of drug-likeness (QED) is 0.864. The predicted molar refractivity (Wildman–Crippen MR) is 88.4 cm³/mol. The van der Waals surface area contributed by atoms with E-state index in [1.165, 1.54) is 0 Å². The maximum Gasteiger partial charge on any atom is 0.180 e. The molecule has 2 aromatic heterocycles. The Labute approximate surface area is 135 Å². The van der Waals surface area contributed by atoms with Crippen LogP contribution in [0.3, 0.4) is 0 Å². The highest BCUT2D eigenvalue weighted by molar-refractivity contribution is 5.71. The minimum absolute atomic E-state index is 0.0130. The Hall–Kier alpha value is -1.83. The van der Waals surface area contributed by atoms with Gasteiger partial charge in [0.1, 0.15) is 11.3 Å². The van der Waals surface area contributed by atoms with Crippen LogP contribution >= 0.6 is 0 Å². The molecular formula is C16H23N5O2. The van der Waals surface area contributed by atoms with Gasteiger partial charge in [0.15, 0.2) is 5.65 Å². The first-order chi connectivity index (χ1) is 11.1. The number of aliphatic hydroxyl groups is 1. The van der Waals surface area contributed by atoms with E-state index >= 15 is 0 Å². The van der Waals surface area contributed by atoms with Crippen LogP contribution in [0.1, 0.15) is 12.6 Å². The van der Waals surface area contributed by atoms with Crippen LogP contribution in [0.2, 0.25) is 0 Å². The monoisotopic (exact) mass is 317 g/mol. The van der Waals surface area contributed by atoms with Gasteiger partial charge in [0, 0.05) is 18.8 Å². The first kappa shape index (κ1) is 16.0. The summed E-state index contributed by atoms with van der Waals surface area (Å²) < 4.78 is 5.66. The molecule has 2 aromatic rings. The normalized spacial score (nSPS) is 25.7. The summed E-state index contributed by atoms with van der Waals surface area (Å²) in [6.07, 6.45) is 1.70. The van der Waals surface area contributed by atoms with E-state index in [1.54, 1.807) is 6.20 Å². The van der Waals surface area contributed by atoms with E-state index in [1.807, 2.05) is 26.1 Å². The molecular weight excluding hydrogens is 294 g/mol. The van der Waals surface area contributed by atoms with Crippen LogP contribution in [-0.4, -0.2) is 70.0 Å². The highest BCUT2D eigenvalue weighted by atomic mass is 16.5. The summed E-state index contributed by atoms with van der Waals surface area (Å²) in [5, 5.41) is 13.3. The van der Waals surface area contributed by atoms with Gasteiger partial charge in [0.05, 0.1) is 31.1 Å². The van der Waals surface area contributed by atoms with Crippen molar-refractivity contribution in [3.63, 3.8) is 0 Å². The largest absolute Gasteiger partial charge is 0.394 e. The lowest BCUT2D eigenvalue weighted by Gasteiger charge is -2.47. The van der Waals surface area contributed by atoms with E-state index in [2.05, 4.69) is 32.1 Å². The number of ether oxygens (including phenoxy) is 1. The first-order valence-corrected chi connectivity index (χ1v) is 7.80. The lowest BCUT2D eigenvalue weighted by Crippen LogP contribution is -2.64. The third-order valence-electron chi connectivity index (χ3n) is 4.63. The Balaban J connectivity index is 1.82. The van der Waals surface area contributed by atoms with Crippen molar-refractivity contribution < 1.29 is 9.84 Å². The molecule has 124 valence electrons. The van der Waals surface area contributed by atoms with E-state index in [9.17, 15) is 5.11 Å². The van der Waals surface area contributed by atoms with Gasteiger partial charge in [0.2, 0.25) is 0 Å². The maximum atomic E-state index is 9.94. The van der Waals surface area contributed by atoms with Crippen molar-refractivity contribution in [1.82, 2.24) is 19.9 Å². The zero-order chi connectivity index (χ0) is 16.4. The molecule has 2 N–H and O–H groups in total. The summed E-state index contributed by atoms with van der Waals surface area (Å²) in [4.78, 5) is 15.5. The third kappa shape index (κ3) is 2.99. The molecule has 3 heterocycles. The molecule has 3 rings (SSSR count). The summed E-state index contributed by atoms with van der Waals surface area (Å²) in [6.45, 7) is 5.70. The van der Waals surface area contributed by atoms with Crippen LogP contribution in [0.15, 0.2) is 18.3 Å². The van der Waals surface area contributed by atoms with E-state index < -0.39 is 5.54 Å².